The van der Waals surface area contributed by atoms with Crippen molar-refractivity contribution in [2.45, 2.75) is 45.1 Å². The molecule has 1 aromatic heterocycles. The number of nitrogens with zero attached hydrogens (tertiary/aromatic N) is 3. The van der Waals surface area contributed by atoms with Crippen LogP contribution in [0.5, 0.6) is 0 Å². The molecule has 17 heavy (non-hydrogen) atoms. The van der Waals surface area contributed by atoms with Crippen LogP contribution in [0.25, 0.3) is 0 Å². The fourth-order valence-electron chi connectivity index (χ4n) is 2.34. The second kappa shape index (κ2) is 4.69. The highest BCUT2D eigenvalue weighted by Gasteiger charge is 2.36. The Morgan fingerprint density at radius 1 is 1.41 bits per heavy atom. The van der Waals surface area contributed by atoms with Crippen molar-refractivity contribution >= 4 is 15.9 Å². The Kier molecular flexibility index (Phi) is 3.59. The summed E-state index contributed by atoms with van der Waals surface area (Å²) in [5.41, 5.74) is 1.44. The second-order valence-corrected chi connectivity index (χ2v) is 6.72. The molecule has 1 aliphatic rings. The minimum Gasteiger partial charge on any atom is -0.312 e. The molecule has 2 unspecified atom stereocenters. The molecule has 96 valence electrons. The normalized spacial score (nSPS) is 24.8. The number of nitrogens with one attached hydrogen (secondary N) is 1. The van der Waals surface area contributed by atoms with Crippen LogP contribution in [0, 0.1) is 5.92 Å². The van der Waals surface area contributed by atoms with Crippen LogP contribution in [-0.4, -0.2) is 27.1 Å². The van der Waals surface area contributed by atoms with Crippen molar-refractivity contribution in [2.24, 2.45) is 13.0 Å². The zero-order valence-corrected chi connectivity index (χ0v) is 12.6. The maximum atomic E-state index is 4.07. The van der Waals surface area contributed by atoms with Crippen LogP contribution in [0.1, 0.15) is 45.2 Å². The van der Waals surface area contributed by atoms with E-state index in [1.165, 1.54) is 18.5 Å². The summed E-state index contributed by atoms with van der Waals surface area (Å²) in [6.45, 7) is 7.71. The molecule has 4 nitrogen and oxygen atoms in total. The van der Waals surface area contributed by atoms with Crippen molar-refractivity contribution in [1.82, 2.24) is 20.3 Å². The highest BCUT2D eigenvalue weighted by Crippen LogP contribution is 2.43. The summed E-state index contributed by atoms with van der Waals surface area (Å²) in [6, 6.07) is 0. The van der Waals surface area contributed by atoms with Gasteiger partial charge in [0.2, 0.25) is 0 Å². The van der Waals surface area contributed by atoms with Crippen molar-refractivity contribution in [1.29, 1.82) is 0 Å². The molecule has 0 spiro atoms. The predicted octanol–water partition coefficient (Wildman–Crippen LogP) is 2.46. The number of rotatable bonds is 3. The summed E-state index contributed by atoms with van der Waals surface area (Å²) in [5, 5.41) is 11.7. The minimum atomic E-state index is 0.197. The molecule has 0 aromatic carbocycles. The first kappa shape index (κ1) is 13.0. The van der Waals surface area contributed by atoms with E-state index in [1.54, 1.807) is 0 Å². The molecule has 1 saturated carbocycles. The van der Waals surface area contributed by atoms with Gasteiger partial charge in [-0.3, -0.25) is 4.68 Å². The molecular formula is C12H21BrN4. The molecule has 1 heterocycles. The Labute approximate surface area is 111 Å². The van der Waals surface area contributed by atoms with Gasteiger partial charge >= 0.3 is 0 Å². The van der Waals surface area contributed by atoms with E-state index in [0.29, 0.717) is 11.8 Å². The Morgan fingerprint density at radius 3 is 2.53 bits per heavy atom. The molecule has 0 amide bonds. The van der Waals surface area contributed by atoms with Gasteiger partial charge in [-0.1, -0.05) is 5.21 Å². The molecule has 1 fully saturated rings. The topological polar surface area (TPSA) is 42.7 Å². The lowest BCUT2D eigenvalue weighted by molar-refractivity contribution is 0.217. The maximum Gasteiger partial charge on any atom is 0.151 e. The standard InChI is InChI=1S/C12H21BrN4/c1-12(2,3)14-7-8-5-6-9(8)10-11(13)15-16-17(10)4/h8-9,14H,5-7H2,1-4H3. The van der Waals surface area contributed by atoms with E-state index in [2.05, 4.69) is 52.3 Å². The molecule has 1 aromatic rings. The zero-order chi connectivity index (χ0) is 12.6. The largest absolute Gasteiger partial charge is 0.312 e. The molecular weight excluding hydrogens is 280 g/mol. The van der Waals surface area contributed by atoms with Crippen LogP contribution in [0.2, 0.25) is 0 Å². The van der Waals surface area contributed by atoms with Crippen LogP contribution < -0.4 is 5.32 Å². The fourth-order valence-corrected chi connectivity index (χ4v) is 2.96. The predicted molar refractivity (Wildman–Crippen MR) is 71.9 cm³/mol. The average molecular weight is 301 g/mol. The van der Waals surface area contributed by atoms with Crippen molar-refractivity contribution < 1.29 is 0 Å². The van der Waals surface area contributed by atoms with Gasteiger partial charge in [-0.15, -0.1) is 5.10 Å². The van der Waals surface area contributed by atoms with E-state index >= 15 is 0 Å². The van der Waals surface area contributed by atoms with E-state index in [-0.39, 0.29) is 5.54 Å². The summed E-state index contributed by atoms with van der Waals surface area (Å²) in [6.07, 6.45) is 2.54. The average Bonchev–Trinajstić information content (AvgIpc) is 2.46. The second-order valence-electron chi connectivity index (χ2n) is 5.96. The van der Waals surface area contributed by atoms with Crippen LogP contribution >= 0.6 is 15.9 Å². The van der Waals surface area contributed by atoms with Crippen LogP contribution in [0.3, 0.4) is 0 Å². The number of aromatic nitrogens is 3. The molecule has 0 bridgehead atoms. The molecule has 0 aliphatic heterocycles. The number of halogens is 1. The van der Waals surface area contributed by atoms with Gasteiger partial charge in [0.1, 0.15) is 0 Å². The maximum absolute atomic E-state index is 4.07. The van der Waals surface area contributed by atoms with Crippen LogP contribution in [-0.2, 0) is 7.05 Å². The summed E-state index contributed by atoms with van der Waals surface area (Å²) >= 11 is 3.50. The van der Waals surface area contributed by atoms with E-state index < -0.39 is 0 Å². The Bertz CT molecular complexity index is 374. The third-order valence-electron chi connectivity index (χ3n) is 3.49. The van der Waals surface area contributed by atoms with Crippen molar-refractivity contribution in [3.63, 3.8) is 0 Å². The first-order chi connectivity index (χ1) is 7.88. The molecule has 0 radical (unpaired) electrons. The third-order valence-corrected chi connectivity index (χ3v) is 4.05. The Hall–Kier alpha value is -0.420. The first-order valence-electron chi connectivity index (χ1n) is 6.18. The van der Waals surface area contributed by atoms with Gasteiger partial charge in [0.25, 0.3) is 0 Å². The van der Waals surface area contributed by atoms with Crippen LogP contribution in [0.15, 0.2) is 4.60 Å². The van der Waals surface area contributed by atoms with E-state index in [4.69, 9.17) is 0 Å². The molecule has 1 aliphatic carbocycles. The van der Waals surface area contributed by atoms with Gasteiger partial charge in [-0.2, -0.15) is 0 Å². The summed E-state index contributed by atoms with van der Waals surface area (Å²) in [7, 11) is 1.97. The van der Waals surface area contributed by atoms with E-state index in [1.807, 2.05) is 11.7 Å². The SMILES string of the molecule is Cn1nnc(Br)c1C1CCC1CNC(C)(C)C. The highest BCUT2D eigenvalue weighted by atomic mass is 79.9. The molecule has 2 atom stereocenters. The summed E-state index contributed by atoms with van der Waals surface area (Å²) in [5.74, 6) is 1.31. The minimum absolute atomic E-state index is 0.197. The van der Waals surface area contributed by atoms with Gasteiger partial charge in [-0.05, 0) is 62.0 Å². The van der Waals surface area contributed by atoms with Gasteiger partial charge < -0.3 is 5.32 Å². The molecule has 0 saturated heterocycles. The van der Waals surface area contributed by atoms with Crippen molar-refractivity contribution in [3.05, 3.63) is 10.3 Å². The lowest BCUT2D eigenvalue weighted by atomic mass is 9.71. The molecule has 5 heteroatoms. The van der Waals surface area contributed by atoms with Gasteiger partial charge in [0.05, 0.1) is 5.69 Å². The lowest BCUT2D eigenvalue weighted by Crippen LogP contribution is -2.43. The molecule has 2 rings (SSSR count). The highest BCUT2D eigenvalue weighted by molar-refractivity contribution is 9.10. The monoisotopic (exact) mass is 300 g/mol. The quantitative estimate of drug-likeness (QED) is 0.932. The smallest absolute Gasteiger partial charge is 0.151 e. The van der Waals surface area contributed by atoms with E-state index in [9.17, 15) is 0 Å². The van der Waals surface area contributed by atoms with E-state index in [0.717, 1.165) is 11.1 Å². The Morgan fingerprint density at radius 2 is 2.12 bits per heavy atom. The summed E-state index contributed by atoms with van der Waals surface area (Å²) < 4.78 is 2.81. The lowest BCUT2D eigenvalue weighted by Gasteiger charge is -2.38. The van der Waals surface area contributed by atoms with Crippen molar-refractivity contribution in [2.75, 3.05) is 6.54 Å². The van der Waals surface area contributed by atoms with Gasteiger partial charge in [0.15, 0.2) is 4.60 Å². The first-order valence-corrected chi connectivity index (χ1v) is 6.98. The number of hydrogen-bond acceptors (Lipinski definition) is 3. The summed E-state index contributed by atoms with van der Waals surface area (Å²) in [4.78, 5) is 0. The van der Waals surface area contributed by atoms with Crippen LogP contribution in [0.4, 0.5) is 0 Å². The van der Waals surface area contributed by atoms with Gasteiger partial charge in [0, 0.05) is 18.5 Å². The fraction of sp³-hybridized carbons (Fsp3) is 0.833. The van der Waals surface area contributed by atoms with Gasteiger partial charge in [-0.25, -0.2) is 0 Å². The number of hydrogen-bond donors (Lipinski definition) is 1. The number of aryl methyl sites for hydroxylation is 1. The molecule has 1 N–H and O–H groups in total. The third kappa shape index (κ3) is 2.88. The zero-order valence-electron chi connectivity index (χ0n) is 11.0. The van der Waals surface area contributed by atoms with Crippen molar-refractivity contribution in [3.8, 4) is 0 Å². The Balaban J connectivity index is 2.00.